The molecule has 8 heteroatoms. The monoisotopic (exact) mass is 429 g/mol. The molecule has 1 amide bonds. The molecule has 0 bridgehead atoms. The first-order valence-electron chi connectivity index (χ1n) is 9.61. The van der Waals surface area contributed by atoms with Gasteiger partial charge in [0.25, 0.3) is 0 Å². The fourth-order valence-electron chi connectivity index (χ4n) is 3.14. The van der Waals surface area contributed by atoms with Crippen LogP contribution in [0.25, 0.3) is 0 Å². The Morgan fingerprint density at radius 2 is 1.87 bits per heavy atom. The summed E-state index contributed by atoms with van der Waals surface area (Å²) in [5.41, 5.74) is 5.86. The Kier molecular flexibility index (Phi) is 6.24. The number of aromatic nitrogens is 1. The molecule has 2 aromatic rings. The van der Waals surface area contributed by atoms with E-state index in [1.54, 1.807) is 32.0 Å². The second-order valence-electron chi connectivity index (χ2n) is 8.13. The van der Waals surface area contributed by atoms with Gasteiger partial charge in [0.1, 0.15) is 11.4 Å². The highest BCUT2D eigenvalue weighted by atomic mass is 32.2. The average molecular weight is 430 g/mol. The lowest BCUT2D eigenvalue weighted by atomic mass is 9.95. The smallest absolute Gasteiger partial charge is 0.247 e. The summed E-state index contributed by atoms with van der Waals surface area (Å²) in [4.78, 5) is 16.4. The molecule has 1 aromatic heterocycles. The third-order valence-corrected chi connectivity index (χ3v) is 6.37. The van der Waals surface area contributed by atoms with Crippen LogP contribution >= 0.6 is 11.8 Å². The van der Waals surface area contributed by atoms with Crippen LogP contribution in [-0.4, -0.2) is 32.8 Å². The summed E-state index contributed by atoms with van der Waals surface area (Å²) in [7, 11) is 0. The number of aliphatic hydroxyl groups is 3. The number of nitrogens with one attached hydrogen (secondary N) is 1. The highest BCUT2D eigenvalue weighted by Gasteiger charge is 2.30. The topological polar surface area (TPSA) is 129 Å². The van der Waals surface area contributed by atoms with Crippen LogP contribution in [-0.2, 0) is 16.0 Å². The predicted octanol–water partition coefficient (Wildman–Crippen LogP) is 2.50. The van der Waals surface area contributed by atoms with Gasteiger partial charge in [0.05, 0.1) is 22.9 Å². The van der Waals surface area contributed by atoms with Crippen molar-refractivity contribution in [2.75, 3.05) is 11.9 Å². The van der Waals surface area contributed by atoms with Crippen LogP contribution in [0.2, 0.25) is 0 Å². The normalized spacial score (nSPS) is 18.9. The Balaban J connectivity index is 1.82. The Morgan fingerprint density at radius 3 is 2.43 bits per heavy atom. The zero-order valence-corrected chi connectivity index (χ0v) is 18.0. The van der Waals surface area contributed by atoms with E-state index in [1.807, 2.05) is 24.3 Å². The van der Waals surface area contributed by atoms with Gasteiger partial charge in [-0.2, -0.15) is 0 Å². The Bertz CT molecular complexity index is 965. The summed E-state index contributed by atoms with van der Waals surface area (Å²) in [6.45, 7) is 4.48. The number of carbonyl (C=O) groups is 1. The molecule has 6 N–H and O–H groups in total. The molecular weight excluding hydrogens is 402 g/mol. The molecule has 0 fully saturated rings. The number of nitrogens with zero attached hydrogens (tertiary/aromatic N) is 1. The van der Waals surface area contributed by atoms with Crippen molar-refractivity contribution in [2.24, 2.45) is 5.73 Å². The fourth-order valence-corrected chi connectivity index (χ4v) is 4.46. The summed E-state index contributed by atoms with van der Waals surface area (Å²) in [6, 6.07) is 12.7. The minimum absolute atomic E-state index is 0.00501. The first-order chi connectivity index (χ1) is 14.0. The summed E-state index contributed by atoms with van der Waals surface area (Å²) in [5.74, 6) is -0.0559. The largest absolute Gasteiger partial charge is 0.393 e. The molecule has 1 aliphatic heterocycles. The van der Waals surface area contributed by atoms with Gasteiger partial charge in [-0.3, -0.25) is 4.79 Å². The molecule has 0 aliphatic carbocycles. The van der Waals surface area contributed by atoms with E-state index < -0.39 is 23.7 Å². The zero-order valence-electron chi connectivity index (χ0n) is 17.2. The fraction of sp³-hybridized carbons (Fsp3) is 0.364. The van der Waals surface area contributed by atoms with Crippen molar-refractivity contribution in [2.45, 2.75) is 43.6 Å². The van der Waals surface area contributed by atoms with E-state index in [2.05, 4.69) is 10.3 Å². The number of thioether (sulfide) groups is 1. The van der Waals surface area contributed by atoms with E-state index in [1.165, 1.54) is 18.7 Å². The van der Waals surface area contributed by atoms with Gasteiger partial charge in [0.15, 0.2) is 0 Å². The van der Waals surface area contributed by atoms with Crippen molar-refractivity contribution in [1.82, 2.24) is 4.98 Å². The molecule has 160 valence electrons. The number of hydrogen-bond donors (Lipinski definition) is 5. The summed E-state index contributed by atoms with van der Waals surface area (Å²) in [6.07, 6.45) is 0.470. The van der Waals surface area contributed by atoms with E-state index in [-0.39, 0.29) is 5.25 Å². The van der Waals surface area contributed by atoms with Crippen LogP contribution in [0.1, 0.15) is 49.3 Å². The Hall–Kier alpha value is -2.39. The number of aliphatic hydroxyl groups excluding tert-OH is 1. The van der Waals surface area contributed by atoms with Gasteiger partial charge >= 0.3 is 0 Å². The predicted molar refractivity (Wildman–Crippen MR) is 117 cm³/mol. The molecule has 1 unspecified atom stereocenters. The van der Waals surface area contributed by atoms with E-state index in [9.17, 15) is 20.1 Å². The van der Waals surface area contributed by atoms with Crippen LogP contribution < -0.4 is 11.1 Å². The molecule has 1 aliphatic rings. The van der Waals surface area contributed by atoms with Crippen LogP contribution in [0.3, 0.4) is 0 Å². The maximum absolute atomic E-state index is 12.0. The second kappa shape index (κ2) is 8.39. The minimum Gasteiger partial charge on any atom is -0.393 e. The van der Waals surface area contributed by atoms with Gasteiger partial charge in [-0.25, -0.2) is 4.98 Å². The number of hydrogen-bond acceptors (Lipinski definition) is 7. The lowest BCUT2D eigenvalue weighted by molar-refractivity contribution is -0.114. The van der Waals surface area contributed by atoms with Crippen molar-refractivity contribution in [1.29, 1.82) is 0 Å². The highest BCUT2D eigenvalue weighted by Crippen LogP contribution is 2.47. The molecule has 0 saturated carbocycles. The van der Waals surface area contributed by atoms with Crippen LogP contribution in [0.15, 0.2) is 53.1 Å². The summed E-state index contributed by atoms with van der Waals surface area (Å²) >= 11 is 1.48. The molecule has 7 nitrogen and oxygen atoms in total. The Labute approximate surface area is 180 Å². The number of pyridine rings is 1. The first kappa shape index (κ1) is 22.3. The van der Waals surface area contributed by atoms with E-state index in [0.717, 1.165) is 11.1 Å². The third kappa shape index (κ3) is 4.84. The lowest BCUT2D eigenvalue weighted by Gasteiger charge is -2.20. The standard InChI is InChI=1S/C22H27N3O4S/c1-21(2,28)14-9-7-13(8-10-14)16-11-15(19(23)27)20(30-16)25-18-6-4-5-17(24-18)22(3,29)12-26/h4-10,16,26,28-29H,11-12H2,1-3H3,(H2,23,27)(H,24,25)/t16?,22-/m1/s1. The molecular formula is C22H27N3O4S. The minimum atomic E-state index is -1.47. The van der Waals surface area contributed by atoms with Gasteiger partial charge in [0.2, 0.25) is 5.91 Å². The van der Waals surface area contributed by atoms with E-state index in [4.69, 9.17) is 5.73 Å². The lowest BCUT2D eigenvalue weighted by Crippen LogP contribution is -2.27. The van der Waals surface area contributed by atoms with Gasteiger partial charge in [-0.05, 0) is 50.5 Å². The van der Waals surface area contributed by atoms with Gasteiger partial charge in [-0.1, -0.05) is 42.1 Å². The number of carbonyl (C=O) groups excluding carboxylic acids is 1. The van der Waals surface area contributed by atoms with Crippen molar-refractivity contribution < 1.29 is 20.1 Å². The van der Waals surface area contributed by atoms with Gasteiger partial charge in [-0.15, -0.1) is 0 Å². The number of anilines is 1. The van der Waals surface area contributed by atoms with Crippen LogP contribution in [0.5, 0.6) is 0 Å². The quantitative estimate of drug-likeness (QED) is 0.457. The Morgan fingerprint density at radius 1 is 1.20 bits per heavy atom. The molecule has 1 aromatic carbocycles. The zero-order chi connectivity index (χ0) is 22.1. The number of nitrogens with two attached hydrogens (primary N) is 1. The second-order valence-corrected chi connectivity index (χ2v) is 9.34. The summed E-state index contributed by atoms with van der Waals surface area (Å²) in [5, 5.41) is 33.5. The molecule has 2 heterocycles. The van der Waals surface area contributed by atoms with Crippen LogP contribution in [0.4, 0.5) is 5.82 Å². The average Bonchev–Trinajstić information content (AvgIpc) is 3.12. The first-order valence-corrected chi connectivity index (χ1v) is 10.5. The molecule has 30 heavy (non-hydrogen) atoms. The number of rotatable bonds is 7. The van der Waals surface area contributed by atoms with Crippen molar-refractivity contribution in [3.8, 4) is 0 Å². The number of amides is 1. The SMILES string of the molecule is CC(C)(O)c1ccc(C2CC(C(N)=O)=C(Nc3cccc([C@](C)(O)CO)n3)S2)cc1. The van der Waals surface area contributed by atoms with Crippen molar-refractivity contribution >= 4 is 23.5 Å². The number of benzene rings is 1. The van der Waals surface area contributed by atoms with Crippen LogP contribution in [0, 0.1) is 0 Å². The molecule has 0 saturated heterocycles. The maximum atomic E-state index is 12.0. The number of primary amides is 1. The van der Waals surface area contributed by atoms with E-state index in [0.29, 0.717) is 28.5 Å². The summed E-state index contributed by atoms with van der Waals surface area (Å²) < 4.78 is 0. The van der Waals surface area contributed by atoms with Crippen molar-refractivity contribution in [3.63, 3.8) is 0 Å². The molecule has 0 spiro atoms. The maximum Gasteiger partial charge on any atom is 0.247 e. The van der Waals surface area contributed by atoms with Gasteiger partial charge in [0, 0.05) is 10.8 Å². The van der Waals surface area contributed by atoms with E-state index >= 15 is 0 Å². The molecule has 0 radical (unpaired) electrons. The third-order valence-electron chi connectivity index (χ3n) is 5.06. The molecule has 3 rings (SSSR count). The van der Waals surface area contributed by atoms with Crippen molar-refractivity contribution in [3.05, 3.63) is 69.9 Å². The highest BCUT2D eigenvalue weighted by molar-refractivity contribution is 8.03. The molecule has 2 atom stereocenters. The van der Waals surface area contributed by atoms with Gasteiger partial charge < -0.3 is 26.4 Å².